The molecule has 0 rings (SSSR count). The lowest BCUT2D eigenvalue weighted by atomic mass is 10.1. The number of aliphatic imine (C=N–C) groups is 1. The Balaban J connectivity index is 3.75. The first-order valence-electron chi connectivity index (χ1n) is 6.59. The minimum atomic E-state index is 0.400. The molecule has 17 heavy (non-hydrogen) atoms. The fraction of sp³-hybridized carbons (Fsp3) is 0.917. The van der Waals surface area contributed by atoms with Crippen LogP contribution in [0.3, 0.4) is 0 Å². The third-order valence-corrected chi connectivity index (χ3v) is 2.43. The molecule has 1 atom stereocenters. The number of ether oxygens (including phenoxy) is 1. The van der Waals surface area contributed by atoms with Crippen LogP contribution in [0, 0.1) is 0 Å². The van der Waals surface area contributed by atoms with Gasteiger partial charge in [-0.3, -0.25) is 10.4 Å². The van der Waals surface area contributed by atoms with Gasteiger partial charge in [0.05, 0.1) is 0 Å². The summed E-state index contributed by atoms with van der Waals surface area (Å²) in [5.41, 5.74) is 2.60. The summed E-state index contributed by atoms with van der Waals surface area (Å²) in [6.07, 6.45) is 4.49. The second-order valence-electron chi connectivity index (χ2n) is 4.11. The van der Waals surface area contributed by atoms with Gasteiger partial charge in [-0.05, 0) is 26.7 Å². The molecule has 0 aromatic heterocycles. The van der Waals surface area contributed by atoms with Gasteiger partial charge >= 0.3 is 0 Å². The van der Waals surface area contributed by atoms with E-state index in [1.54, 1.807) is 0 Å². The van der Waals surface area contributed by atoms with E-state index in [9.17, 15) is 0 Å². The van der Waals surface area contributed by atoms with Crippen LogP contribution in [0.25, 0.3) is 0 Å². The molecule has 0 amide bonds. The summed E-state index contributed by atoms with van der Waals surface area (Å²) in [5, 5.41) is 3.27. The number of hydrazine groups is 1. The van der Waals surface area contributed by atoms with Crippen molar-refractivity contribution in [2.75, 3.05) is 19.8 Å². The lowest BCUT2D eigenvalue weighted by Crippen LogP contribution is -2.45. The van der Waals surface area contributed by atoms with Gasteiger partial charge in [0.2, 0.25) is 5.96 Å². The molecular formula is C12H28N4O. The monoisotopic (exact) mass is 244 g/mol. The number of rotatable bonds is 9. The van der Waals surface area contributed by atoms with Crippen LogP contribution in [0.1, 0.15) is 46.5 Å². The highest BCUT2D eigenvalue weighted by Gasteiger charge is 2.03. The molecule has 0 heterocycles. The SMILES string of the molecule is CCCCC(C)NC(=NCCCOCC)NN. The van der Waals surface area contributed by atoms with E-state index in [1.807, 2.05) is 6.92 Å². The fourth-order valence-electron chi connectivity index (χ4n) is 1.45. The Bertz CT molecular complexity index is 197. The van der Waals surface area contributed by atoms with Crippen molar-refractivity contribution in [3.8, 4) is 0 Å². The molecule has 1 unspecified atom stereocenters. The molecule has 0 radical (unpaired) electrons. The maximum atomic E-state index is 5.42. The Morgan fingerprint density at radius 1 is 1.35 bits per heavy atom. The van der Waals surface area contributed by atoms with Crippen LogP contribution in [-0.2, 0) is 4.74 Å². The molecule has 0 aromatic rings. The number of hydrogen-bond acceptors (Lipinski definition) is 3. The van der Waals surface area contributed by atoms with E-state index in [1.165, 1.54) is 12.8 Å². The van der Waals surface area contributed by atoms with E-state index in [-0.39, 0.29) is 0 Å². The highest BCUT2D eigenvalue weighted by molar-refractivity contribution is 5.79. The van der Waals surface area contributed by atoms with Gasteiger partial charge in [0.25, 0.3) is 0 Å². The van der Waals surface area contributed by atoms with Crippen LogP contribution < -0.4 is 16.6 Å². The minimum absolute atomic E-state index is 0.400. The zero-order chi connectivity index (χ0) is 12.9. The first-order valence-corrected chi connectivity index (χ1v) is 6.59. The van der Waals surface area contributed by atoms with Gasteiger partial charge in [-0.15, -0.1) is 0 Å². The van der Waals surface area contributed by atoms with E-state index in [4.69, 9.17) is 10.6 Å². The number of guanidine groups is 1. The van der Waals surface area contributed by atoms with Gasteiger partial charge in [-0.1, -0.05) is 19.8 Å². The summed E-state index contributed by atoms with van der Waals surface area (Å²) in [4.78, 5) is 4.35. The van der Waals surface area contributed by atoms with Crippen molar-refractivity contribution in [1.29, 1.82) is 0 Å². The fourth-order valence-corrected chi connectivity index (χ4v) is 1.45. The lowest BCUT2D eigenvalue weighted by Gasteiger charge is -2.16. The predicted molar refractivity (Wildman–Crippen MR) is 72.9 cm³/mol. The van der Waals surface area contributed by atoms with Crippen molar-refractivity contribution in [2.24, 2.45) is 10.8 Å². The number of nitrogens with zero attached hydrogens (tertiary/aromatic N) is 1. The number of nitrogens with two attached hydrogens (primary N) is 1. The Hall–Kier alpha value is -0.810. The van der Waals surface area contributed by atoms with Crippen molar-refractivity contribution in [2.45, 2.75) is 52.5 Å². The number of nitrogens with one attached hydrogen (secondary N) is 2. The van der Waals surface area contributed by atoms with Gasteiger partial charge in [0.15, 0.2) is 0 Å². The molecule has 0 saturated carbocycles. The molecule has 5 heteroatoms. The molecule has 0 fully saturated rings. The van der Waals surface area contributed by atoms with Crippen LogP contribution in [0.5, 0.6) is 0 Å². The van der Waals surface area contributed by atoms with Gasteiger partial charge in [-0.25, -0.2) is 5.84 Å². The van der Waals surface area contributed by atoms with E-state index in [0.29, 0.717) is 12.0 Å². The van der Waals surface area contributed by atoms with Crippen molar-refractivity contribution in [1.82, 2.24) is 10.7 Å². The van der Waals surface area contributed by atoms with E-state index >= 15 is 0 Å². The molecule has 0 aromatic carbocycles. The van der Waals surface area contributed by atoms with Crippen LogP contribution >= 0.6 is 0 Å². The van der Waals surface area contributed by atoms with Crippen molar-refractivity contribution in [3.63, 3.8) is 0 Å². The summed E-state index contributed by atoms with van der Waals surface area (Å²) in [7, 11) is 0. The minimum Gasteiger partial charge on any atom is -0.382 e. The zero-order valence-electron chi connectivity index (χ0n) is 11.5. The average Bonchev–Trinajstić information content (AvgIpc) is 2.34. The zero-order valence-corrected chi connectivity index (χ0v) is 11.5. The molecule has 0 aliphatic rings. The van der Waals surface area contributed by atoms with Gasteiger partial charge in [-0.2, -0.15) is 0 Å². The maximum Gasteiger partial charge on any atom is 0.205 e. The summed E-state index contributed by atoms with van der Waals surface area (Å²) < 4.78 is 5.24. The van der Waals surface area contributed by atoms with Crippen LogP contribution in [0.2, 0.25) is 0 Å². The van der Waals surface area contributed by atoms with Crippen molar-refractivity contribution < 1.29 is 4.74 Å². The standard InChI is InChI=1S/C12H28N4O/c1-4-6-8-11(3)15-12(16-13)14-9-7-10-17-5-2/h11H,4-10,13H2,1-3H3,(H2,14,15,16). The Kier molecular flexibility index (Phi) is 11.1. The lowest BCUT2D eigenvalue weighted by molar-refractivity contribution is 0.146. The molecule has 5 nitrogen and oxygen atoms in total. The van der Waals surface area contributed by atoms with E-state index in [0.717, 1.165) is 32.6 Å². The molecule has 102 valence electrons. The first kappa shape index (κ1) is 16.2. The molecule has 4 N–H and O–H groups in total. The second-order valence-corrected chi connectivity index (χ2v) is 4.11. The summed E-state index contributed by atoms with van der Waals surface area (Å²) in [6.45, 7) is 8.57. The predicted octanol–water partition coefficient (Wildman–Crippen LogP) is 1.40. The highest BCUT2D eigenvalue weighted by Crippen LogP contribution is 1.99. The molecule has 0 aliphatic carbocycles. The molecule has 0 spiro atoms. The quantitative estimate of drug-likeness (QED) is 0.188. The van der Waals surface area contributed by atoms with Gasteiger partial charge in [0.1, 0.15) is 0 Å². The molecule has 0 saturated heterocycles. The Morgan fingerprint density at radius 2 is 2.12 bits per heavy atom. The van der Waals surface area contributed by atoms with Gasteiger partial charge < -0.3 is 10.1 Å². The first-order chi connectivity index (χ1) is 8.24. The number of unbranched alkanes of at least 4 members (excludes halogenated alkanes) is 1. The van der Waals surface area contributed by atoms with E-state index in [2.05, 4.69) is 29.6 Å². The summed E-state index contributed by atoms with van der Waals surface area (Å²) in [5.74, 6) is 6.09. The molecule has 0 bridgehead atoms. The normalized spacial score (nSPS) is 13.5. The Labute approximate surface area is 105 Å². The highest BCUT2D eigenvalue weighted by atomic mass is 16.5. The third-order valence-electron chi connectivity index (χ3n) is 2.43. The molecule has 0 aliphatic heterocycles. The van der Waals surface area contributed by atoms with Crippen LogP contribution in [0.15, 0.2) is 4.99 Å². The summed E-state index contributed by atoms with van der Waals surface area (Å²) >= 11 is 0. The largest absolute Gasteiger partial charge is 0.382 e. The van der Waals surface area contributed by atoms with Crippen LogP contribution in [-0.4, -0.2) is 31.8 Å². The molecular weight excluding hydrogens is 216 g/mol. The average molecular weight is 244 g/mol. The second kappa shape index (κ2) is 11.7. The smallest absolute Gasteiger partial charge is 0.205 e. The van der Waals surface area contributed by atoms with Gasteiger partial charge in [0, 0.05) is 25.8 Å². The third kappa shape index (κ3) is 10.1. The van der Waals surface area contributed by atoms with Crippen LogP contribution in [0.4, 0.5) is 0 Å². The summed E-state index contributed by atoms with van der Waals surface area (Å²) in [6, 6.07) is 0.400. The van der Waals surface area contributed by atoms with Crippen molar-refractivity contribution >= 4 is 5.96 Å². The Morgan fingerprint density at radius 3 is 2.71 bits per heavy atom. The topological polar surface area (TPSA) is 71.7 Å². The van der Waals surface area contributed by atoms with E-state index < -0.39 is 0 Å². The number of hydrogen-bond donors (Lipinski definition) is 3. The maximum absolute atomic E-state index is 5.42. The van der Waals surface area contributed by atoms with Crippen molar-refractivity contribution in [3.05, 3.63) is 0 Å².